The lowest BCUT2D eigenvalue weighted by molar-refractivity contribution is -0.130. The van der Waals surface area contributed by atoms with Gasteiger partial charge in [-0.1, -0.05) is 12.1 Å². The Bertz CT molecular complexity index is 729. The van der Waals surface area contributed by atoms with E-state index < -0.39 is 5.38 Å². The van der Waals surface area contributed by atoms with E-state index in [-0.39, 0.29) is 5.91 Å². The third kappa shape index (κ3) is 4.41. The molecule has 1 aromatic heterocycles. The van der Waals surface area contributed by atoms with E-state index in [1.54, 1.807) is 14.0 Å². The van der Waals surface area contributed by atoms with Crippen LogP contribution < -0.4 is 9.64 Å². The van der Waals surface area contributed by atoms with E-state index in [1.165, 1.54) is 11.5 Å². The smallest absolute Gasteiger partial charge is 0.240 e. The molecule has 0 aliphatic carbocycles. The van der Waals surface area contributed by atoms with E-state index in [4.69, 9.17) is 16.3 Å². The minimum atomic E-state index is -0.470. The number of amides is 1. The first-order valence-electron chi connectivity index (χ1n) is 8.20. The number of ether oxygens (including phenoxy) is 1. The van der Waals surface area contributed by atoms with Crippen molar-refractivity contribution >= 4 is 34.2 Å². The van der Waals surface area contributed by atoms with Gasteiger partial charge in [-0.25, -0.2) is 4.98 Å². The van der Waals surface area contributed by atoms with Crippen LogP contribution in [0.25, 0.3) is 0 Å². The minimum Gasteiger partial charge on any atom is -0.497 e. The Labute approximate surface area is 156 Å². The van der Waals surface area contributed by atoms with Gasteiger partial charge in [-0.3, -0.25) is 4.79 Å². The topological polar surface area (TPSA) is 58.6 Å². The summed E-state index contributed by atoms with van der Waals surface area (Å²) in [6, 6.07) is 7.93. The fraction of sp³-hybridized carbons (Fsp3) is 0.471. The van der Waals surface area contributed by atoms with Crippen molar-refractivity contribution in [1.82, 2.24) is 14.3 Å². The Morgan fingerprint density at radius 2 is 2.12 bits per heavy atom. The summed E-state index contributed by atoms with van der Waals surface area (Å²) in [5.74, 6) is 1.64. The van der Waals surface area contributed by atoms with Crippen LogP contribution in [0.1, 0.15) is 18.3 Å². The number of alkyl halides is 1. The largest absolute Gasteiger partial charge is 0.497 e. The fourth-order valence-electron chi connectivity index (χ4n) is 2.78. The number of methoxy groups -OCH3 is 1. The molecule has 2 aromatic rings. The van der Waals surface area contributed by atoms with Crippen molar-refractivity contribution in [1.29, 1.82) is 0 Å². The maximum atomic E-state index is 11.9. The van der Waals surface area contributed by atoms with Crippen molar-refractivity contribution in [2.45, 2.75) is 18.7 Å². The van der Waals surface area contributed by atoms with Gasteiger partial charge in [-0.15, -0.1) is 11.6 Å². The zero-order chi connectivity index (χ0) is 17.8. The van der Waals surface area contributed by atoms with Crippen LogP contribution in [0.2, 0.25) is 0 Å². The zero-order valence-corrected chi connectivity index (χ0v) is 15.9. The van der Waals surface area contributed by atoms with Gasteiger partial charge < -0.3 is 14.5 Å². The molecule has 6 nitrogen and oxygen atoms in total. The number of nitrogens with zero attached hydrogens (tertiary/aromatic N) is 4. The number of hydrogen-bond acceptors (Lipinski definition) is 6. The Hall–Kier alpha value is -1.86. The molecule has 25 heavy (non-hydrogen) atoms. The molecule has 0 radical (unpaired) electrons. The summed E-state index contributed by atoms with van der Waals surface area (Å²) in [7, 11) is 1.66. The molecule has 1 aromatic carbocycles. The van der Waals surface area contributed by atoms with Crippen molar-refractivity contribution in [3.05, 3.63) is 35.7 Å². The van der Waals surface area contributed by atoms with Crippen LogP contribution >= 0.6 is 23.1 Å². The zero-order valence-electron chi connectivity index (χ0n) is 14.3. The normalized spacial score (nSPS) is 16.0. The molecule has 1 fully saturated rings. The van der Waals surface area contributed by atoms with Crippen molar-refractivity contribution in [2.24, 2.45) is 0 Å². The van der Waals surface area contributed by atoms with Crippen LogP contribution in [-0.2, 0) is 11.2 Å². The SMILES string of the molecule is COc1cccc(Cc2nsc(N3CCN(C(=O)C(C)Cl)CC3)n2)c1. The van der Waals surface area contributed by atoms with Crippen LogP contribution in [0.15, 0.2) is 24.3 Å². The lowest BCUT2D eigenvalue weighted by Crippen LogP contribution is -2.50. The van der Waals surface area contributed by atoms with Gasteiger partial charge in [-0.05, 0) is 24.6 Å². The van der Waals surface area contributed by atoms with Crippen LogP contribution in [0.4, 0.5) is 5.13 Å². The van der Waals surface area contributed by atoms with Crippen molar-refractivity contribution in [2.75, 3.05) is 38.2 Å². The molecule has 1 amide bonds. The second-order valence-corrected chi connectivity index (χ2v) is 7.33. The van der Waals surface area contributed by atoms with Gasteiger partial charge in [0, 0.05) is 44.1 Å². The number of halogens is 1. The molecule has 0 spiro atoms. The van der Waals surface area contributed by atoms with Gasteiger partial charge in [0.05, 0.1) is 7.11 Å². The van der Waals surface area contributed by atoms with E-state index in [1.807, 2.05) is 29.2 Å². The van der Waals surface area contributed by atoms with E-state index >= 15 is 0 Å². The van der Waals surface area contributed by atoms with E-state index in [0.29, 0.717) is 19.5 Å². The molecule has 134 valence electrons. The number of carbonyl (C=O) groups excluding carboxylic acids is 1. The van der Waals surface area contributed by atoms with Gasteiger partial charge in [-0.2, -0.15) is 4.37 Å². The van der Waals surface area contributed by atoms with Crippen LogP contribution in [0.3, 0.4) is 0 Å². The van der Waals surface area contributed by atoms with Gasteiger partial charge in [0.1, 0.15) is 17.0 Å². The van der Waals surface area contributed by atoms with Gasteiger partial charge >= 0.3 is 0 Å². The summed E-state index contributed by atoms with van der Waals surface area (Å²) in [5.41, 5.74) is 1.12. The number of anilines is 1. The van der Waals surface area contributed by atoms with Gasteiger partial charge in [0.2, 0.25) is 11.0 Å². The molecule has 0 N–H and O–H groups in total. The highest BCUT2D eigenvalue weighted by Crippen LogP contribution is 2.22. The van der Waals surface area contributed by atoms with Crippen LogP contribution in [0, 0.1) is 0 Å². The third-order valence-corrected chi connectivity index (χ3v) is 5.16. The summed E-state index contributed by atoms with van der Waals surface area (Å²) in [4.78, 5) is 20.6. The number of piperazine rings is 1. The molecule has 0 saturated carbocycles. The van der Waals surface area contributed by atoms with E-state index in [2.05, 4.69) is 14.3 Å². The molecule has 1 aliphatic rings. The lowest BCUT2D eigenvalue weighted by Gasteiger charge is -2.34. The highest BCUT2D eigenvalue weighted by atomic mass is 35.5. The average Bonchev–Trinajstić information content (AvgIpc) is 3.09. The van der Waals surface area contributed by atoms with Gasteiger partial charge in [0.15, 0.2) is 0 Å². The van der Waals surface area contributed by atoms with Crippen molar-refractivity contribution < 1.29 is 9.53 Å². The maximum absolute atomic E-state index is 11.9. The number of hydrogen-bond donors (Lipinski definition) is 0. The van der Waals surface area contributed by atoms with Gasteiger partial charge in [0.25, 0.3) is 0 Å². The van der Waals surface area contributed by atoms with Crippen LogP contribution in [0.5, 0.6) is 5.75 Å². The Balaban J connectivity index is 1.59. The third-order valence-electron chi connectivity index (χ3n) is 4.16. The van der Waals surface area contributed by atoms with Crippen LogP contribution in [-0.4, -0.2) is 58.8 Å². The fourth-order valence-corrected chi connectivity index (χ4v) is 3.65. The molecule has 1 atom stereocenters. The van der Waals surface area contributed by atoms with Crippen molar-refractivity contribution in [3.63, 3.8) is 0 Å². The molecule has 2 heterocycles. The summed E-state index contributed by atoms with van der Waals surface area (Å²) in [5, 5.41) is 0.437. The first kappa shape index (κ1) is 17.9. The number of rotatable bonds is 5. The molecular formula is C17H21ClN4O2S. The molecular weight excluding hydrogens is 360 g/mol. The Morgan fingerprint density at radius 1 is 1.36 bits per heavy atom. The molecule has 0 bridgehead atoms. The highest BCUT2D eigenvalue weighted by molar-refractivity contribution is 7.09. The summed E-state index contributed by atoms with van der Waals surface area (Å²) in [6.45, 7) is 4.56. The predicted octanol–water partition coefficient (Wildman–Crippen LogP) is 2.41. The first-order chi connectivity index (χ1) is 12.1. The quantitative estimate of drug-likeness (QED) is 0.745. The lowest BCUT2D eigenvalue weighted by atomic mass is 10.1. The first-order valence-corrected chi connectivity index (χ1v) is 9.41. The number of carbonyl (C=O) groups is 1. The summed E-state index contributed by atoms with van der Waals surface area (Å²) >= 11 is 7.29. The monoisotopic (exact) mass is 380 g/mol. The maximum Gasteiger partial charge on any atom is 0.240 e. The second kappa shape index (κ2) is 8.01. The minimum absolute atomic E-state index is 0.00251. The summed E-state index contributed by atoms with van der Waals surface area (Å²) in [6.07, 6.45) is 0.677. The number of benzene rings is 1. The van der Waals surface area contributed by atoms with E-state index in [9.17, 15) is 4.79 Å². The molecule has 3 rings (SSSR count). The van der Waals surface area contributed by atoms with E-state index in [0.717, 1.165) is 35.4 Å². The predicted molar refractivity (Wildman–Crippen MR) is 99.8 cm³/mol. The molecule has 1 unspecified atom stereocenters. The number of aromatic nitrogens is 2. The molecule has 1 aliphatic heterocycles. The average molecular weight is 381 g/mol. The summed E-state index contributed by atoms with van der Waals surface area (Å²) < 4.78 is 9.72. The molecule has 8 heteroatoms. The molecule has 1 saturated heterocycles. The Morgan fingerprint density at radius 3 is 2.80 bits per heavy atom. The Kier molecular flexibility index (Phi) is 5.75. The second-order valence-electron chi connectivity index (χ2n) is 5.95. The standard InChI is InChI=1S/C17H21ClN4O2S/c1-12(18)16(23)21-6-8-22(9-7-21)17-19-15(20-25-17)11-13-4-3-5-14(10-13)24-2/h3-5,10,12H,6-9,11H2,1-2H3. The highest BCUT2D eigenvalue weighted by Gasteiger charge is 2.25. The van der Waals surface area contributed by atoms with Crippen molar-refractivity contribution in [3.8, 4) is 5.75 Å².